The van der Waals surface area contributed by atoms with Crippen LogP contribution in [-0.4, -0.2) is 15.1 Å². The Morgan fingerprint density at radius 2 is 2.15 bits per heavy atom. The Labute approximate surface area is 74.4 Å². The molecule has 0 fully saturated rings. The van der Waals surface area contributed by atoms with Gasteiger partial charge < -0.3 is 10.2 Å². The third-order valence-corrected chi connectivity index (χ3v) is 1.67. The Morgan fingerprint density at radius 1 is 1.54 bits per heavy atom. The molecule has 0 amide bonds. The summed E-state index contributed by atoms with van der Waals surface area (Å²) in [6, 6.07) is 3.53. The lowest BCUT2D eigenvalue weighted by Crippen LogP contribution is -1.94. The first-order valence-electron chi connectivity index (χ1n) is 3.67. The Kier molecular flexibility index (Phi) is 2.48. The molecule has 0 bridgehead atoms. The molecule has 0 aliphatic rings. The maximum atomic E-state index is 10.3. The molecule has 0 aromatic heterocycles. The number of hydrogen-bond acceptors (Lipinski definition) is 4. The van der Waals surface area contributed by atoms with E-state index in [0.717, 1.165) is 6.07 Å². The van der Waals surface area contributed by atoms with Crippen molar-refractivity contribution in [2.45, 2.75) is 13.0 Å². The third-order valence-electron chi connectivity index (χ3n) is 1.67. The number of nitrogens with zero attached hydrogens (tertiary/aromatic N) is 1. The minimum atomic E-state index is -0.917. The maximum absolute atomic E-state index is 10.3. The molecular weight excluding hydrogens is 174 g/mol. The number of hydrogen-bond donors (Lipinski definition) is 2. The fourth-order valence-corrected chi connectivity index (χ4v) is 0.990. The van der Waals surface area contributed by atoms with E-state index in [2.05, 4.69) is 0 Å². The summed E-state index contributed by atoms with van der Waals surface area (Å²) < 4.78 is 0. The fourth-order valence-electron chi connectivity index (χ4n) is 0.990. The predicted octanol–water partition coefficient (Wildman–Crippen LogP) is 1.35. The lowest BCUT2D eigenvalue weighted by Gasteiger charge is -2.05. The lowest BCUT2D eigenvalue weighted by molar-refractivity contribution is -0.385. The molecule has 0 aliphatic carbocycles. The number of nitro groups is 1. The Hall–Kier alpha value is -1.62. The van der Waals surface area contributed by atoms with Gasteiger partial charge in [-0.2, -0.15) is 0 Å². The highest BCUT2D eigenvalue weighted by Gasteiger charge is 2.13. The van der Waals surface area contributed by atoms with Gasteiger partial charge in [-0.3, -0.25) is 10.1 Å². The molecule has 0 saturated heterocycles. The minimum absolute atomic E-state index is 0.138. The first-order chi connectivity index (χ1) is 6.02. The van der Waals surface area contributed by atoms with E-state index in [1.165, 1.54) is 19.1 Å². The highest BCUT2D eigenvalue weighted by molar-refractivity contribution is 5.43. The van der Waals surface area contributed by atoms with Gasteiger partial charge in [-0.15, -0.1) is 0 Å². The van der Waals surface area contributed by atoms with E-state index in [4.69, 9.17) is 5.11 Å². The van der Waals surface area contributed by atoms with E-state index < -0.39 is 11.0 Å². The van der Waals surface area contributed by atoms with Crippen LogP contribution in [-0.2, 0) is 0 Å². The van der Waals surface area contributed by atoms with E-state index in [1.807, 2.05) is 0 Å². The number of aliphatic hydroxyl groups excluding tert-OH is 1. The molecule has 0 aliphatic heterocycles. The molecule has 70 valence electrons. The van der Waals surface area contributed by atoms with Crippen LogP contribution in [0, 0.1) is 10.1 Å². The van der Waals surface area contributed by atoms with Crippen molar-refractivity contribution in [3.05, 3.63) is 33.9 Å². The van der Waals surface area contributed by atoms with Crippen LogP contribution in [0.5, 0.6) is 5.75 Å². The van der Waals surface area contributed by atoms with E-state index >= 15 is 0 Å². The maximum Gasteiger partial charge on any atom is 0.270 e. The molecule has 13 heavy (non-hydrogen) atoms. The number of nitro benzene ring substituents is 1. The van der Waals surface area contributed by atoms with E-state index in [-0.39, 0.29) is 17.0 Å². The van der Waals surface area contributed by atoms with Gasteiger partial charge in [0.05, 0.1) is 11.0 Å². The van der Waals surface area contributed by atoms with Gasteiger partial charge in [-0.25, -0.2) is 0 Å². The molecule has 5 nitrogen and oxygen atoms in total. The van der Waals surface area contributed by atoms with Gasteiger partial charge in [0.25, 0.3) is 5.69 Å². The molecule has 0 saturated carbocycles. The van der Waals surface area contributed by atoms with E-state index in [9.17, 15) is 15.2 Å². The van der Waals surface area contributed by atoms with Crippen LogP contribution in [0.4, 0.5) is 5.69 Å². The van der Waals surface area contributed by atoms with Crippen molar-refractivity contribution < 1.29 is 15.1 Å². The van der Waals surface area contributed by atoms with Crippen molar-refractivity contribution >= 4 is 5.69 Å². The number of phenols is 1. The minimum Gasteiger partial charge on any atom is -0.508 e. The highest BCUT2D eigenvalue weighted by Crippen LogP contribution is 2.27. The molecule has 0 unspecified atom stereocenters. The first kappa shape index (κ1) is 9.47. The van der Waals surface area contributed by atoms with Crippen LogP contribution in [0.15, 0.2) is 18.2 Å². The van der Waals surface area contributed by atoms with Gasteiger partial charge in [0.15, 0.2) is 0 Å². The molecule has 1 atom stereocenters. The van der Waals surface area contributed by atoms with E-state index in [1.54, 1.807) is 0 Å². The van der Waals surface area contributed by atoms with Crippen LogP contribution in [0.2, 0.25) is 0 Å². The van der Waals surface area contributed by atoms with Crippen LogP contribution in [0.3, 0.4) is 0 Å². The third kappa shape index (κ3) is 1.94. The molecular formula is C8H9NO4. The summed E-state index contributed by atoms with van der Waals surface area (Å²) in [4.78, 5) is 9.75. The molecule has 1 aromatic carbocycles. The van der Waals surface area contributed by atoms with Gasteiger partial charge in [0.2, 0.25) is 0 Å². The van der Waals surface area contributed by atoms with Crippen molar-refractivity contribution in [1.29, 1.82) is 0 Å². The van der Waals surface area contributed by atoms with Crippen LogP contribution in [0.1, 0.15) is 18.6 Å². The zero-order valence-corrected chi connectivity index (χ0v) is 6.97. The Balaban J connectivity index is 3.19. The number of aromatic hydroxyl groups is 1. The molecule has 1 rings (SSSR count). The number of aliphatic hydroxyl groups is 1. The SMILES string of the molecule is C[C@@H](O)c1cc([N+](=O)[O-])ccc1O. The molecule has 0 radical (unpaired) electrons. The van der Waals surface area contributed by atoms with Crippen molar-refractivity contribution in [1.82, 2.24) is 0 Å². The van der Waals surface area contributed by atoms with Crippen molar-refractivity contribution in [2.24, 2.45) is 0 Å². The smallest absolute Gasteiger partial charge is 0.270 e. The van der Waals surface area contributed by atoms with Gasteiger partial charge in [-0.1, -0.05) is 0 Å². The normalized spacial score (nSPS) is 12.5. The summed E-state index contributed by atoms with van der Waals surface area (Å²) in [5, 5.41) is 28.7. The largest absolute Gasteiger partial charge is 0.508 e. The van der Waals surface area contributed by atoms with Crippen molar-refractivity contribution in [3.63, 3.8) is 0 Å². The first-order valence-corrected chi connectivity index (χ1v) is 3.67. The molecule has 5 heteroatoms. The number of phenolic OH excluding ortho intramolecular Hbond substituents is 1. The lowest BCUT2D eigenvalue weighted by atomic mass is 10.1. The second kappa shape index (κ2) is 3.40. The second-order valence-electron chi connectivity index (χ2n) is 2.68. The topological polar surface area (TPSA) is 83.6 Å². The molecule has 0 heterocycles. The number of benzene rings is 1. The zero-order valence-electron chi connectivity index (χ0n) is 6.97. The monoisotopic (exact) mass is 183 g/mol. The standard InChI is InChI=1S/C8H9NO4/c1-5(10)7-4-6(9(12)13)2-3-8(7)11/h2-5,10-11H,1H3/t5-/m1/s1. The van der Waals surface area contributed by atoms with Crippen LogP contribution < -0.4 is 0 Å². The average molecular weight is 183 g/mol. The van der Waals surface area contributed by atoms with Gasteiger partial charge in [0.1, 0.15) is 5.75 Å². The summed E-state index contributed by atoms with van der Waals surface area (Å²) in [5.74, 6) is -0.138. The predicted molar refractivity (Wildman–Crippen MR) is 45.4 cm³/mol. The average Bonchev–Trinajstić information content (AvgIpc) is 2.04. The van der Waals surface area contributed by atoms with Gasteiger partial charge in [-0.05, 0) is 13.0 Å². The van der Waals surface area contributed by atoms with Crippen molar-refractivity contribution in [2.75, 3.05) is 0 Å². The summed E-state index contributed by atoms with van der Waals surface area (Å²) in [7, 11) is 0. The quantitative estimate of drug-likeness (QED) is 0.535. The molecule has 2 N–H and O–H groups in total. The zero-order chi connectivity index (χ0) is 10.0. The summed E-state index contributed by atoms with van der Waals surface area (Å²) in [6.07, 6.45) is -0.917. The Bertz CT molecular complexity index is 335. The summed E-state index contributed by atoms with van der Waals surface area (Å²) in [5.41, 5.74) is 0.0166. The Morgan fingerprint density at radius 3 is 2.62 bits per heavy atom. The summed E-state index contributed by atoms with van der Waals surface area (Å²) in [6.45, 7) is 1.43. The fraction of sp³-hybridized carbons (Fsp3) is 0.250. The molecule has 1 aromatic rings. The number of non-ortho nitro benzene ring substituents is 1. The number of rotatable bonds is 2. The van der Waals surface area contributed by atoms with E-state index in [0.29, 0.717) is 0 Å². The van der Waals surface area contributed by atoms with Crippen LogP contribution >= 0.6 is 0 Å². The highest BCUT2D eigenvalue weighted by atomic mass is 16.6. The van der Waals surface area contributed by atoms with Crippen molar-refractivity contribution in [3.8, 4) is 5.75 Å². The van der Waals surface area contributed by atoms with Gasteiger partial charge in [0, 0.05) is 17.7 Å². The molecule has 0 spiro atoms. The van der Waals surface area contributed by atoms with Gasteiger partial charge >= 0.3 is 0 Å². The summed E-state index contributed by atoms with van der Waals surface area (Å²) >= 11 is 0. The second-order valence-corrected chi connectivity index (χ2v) is 2.68. The van der Waals surface area contributed by atoms with Crippen LogP contribution in [0.25, 0.3) is 0 Å².